The third kappa shape index (κ3) is 1.29. The Morgan fingerprint density at radius 1 is 1.62 bits per heavy atom. The first kappa shape index (κ1) is 8.19. The van der Waals surface area contributed by atoms with Gasteiger partial charge in [-0.1, -0.05) is 0 Å². The van der Waals surface area contributed by atoms with Crippen LogP contribution in [0.25, 0.3) is 5.52 Å². The van der Waals surface area contributed by atoms with Crippen molar-refractivity contribution in [3.05, 3.63) is 36.2 Å². The van der Waals surface area contributed by atoms with E-state index >= 15 is 0 Å². The van der Waals surface area contributed by atoms with Gasteiger partial charge in [-0.05, 0) is 19.1 Å². The van der Waals surface area contributed by atoms with Gasteiger partial charge in [0.1, 0.15) is 17.7 Å². The van der Waals surface area contributed by atoms with Crippen molar-refractivity contribution in [1.82, 2.24) is 9.38 Å². The maximum atomic E-state index is 12.7. The quantitative estimate of drug-likeness (QED) is 0.722. The van der Waals surface area contributed by atoms with Crippen molar-refractivity contribution in [2.45, 2.75) is 13.0 Å². The Balaban J connectivity index is 2.69. The number of aliphatic hydroxyl groups excluding tert-OH is 1. The van der Waals surface area contributed by atoms with Crippen molar-refractivity contribution in [2.75, 3.05) is 0 Å². The van der Waals surface area contributed by atoms with Gasteiger partial charge in [0.2, 0.25) is 0 Å². The van der Waals surface area contributed by atoms with E-state index in [4.69, 9.17) is 0 Å². The van der Waals surface area contributed by atoms with Crippen LogP contribution in [0.15, 0.2) is 24.5 Å². The van der Waals surface area contributed by atoms with Gasteiger partial charge in [0.25, 0.3) is 0 Å². The number of pyridine rings is 1. The highest BCUT2D eigenvalue weighted by Gasteiger charge is 2.08. The second-order valence-electron chi connectivity index (χ2n) is 2.93. The zero-order valence-electron chi connectivity index (χ0n) is 7.11. The van der Waals surface area contributed by atoms with Gasteiger partial charge in [-0.3, -0.25) is 0 Å². The number of imidazole rings is 1. The molecule has 0 aromatic carbocycles. The summed E-state index contributed by atoms with van der Waals surface area (Å²) < 4.78 is 14.4. The Bertz CT molecular complexity index is 436. The normalized spacial score (nSPS) is 13.5. The highest BCUT2D eigenvalue weighted by molar-refractivity contribution is 5.46. The minimum atomic E-state index is -0.645. The third-order valence-corrected chi connectivity index (χ3v) is 1.90. The van der Waals surface area contributed by atoms with Crippen LogP contribution in [0, 0.1) is 5.82 Å². The van der Waals surface area contributed by atoms with E-state index in [1.807, 2.05) is 0 Å². The van der Waals surface area contributed by atoms with Crippen molar-refractivity contribution in [3.63, 3.8) is 0 Å². The maximum absolute atomic E-state index is 12.7. The van der Waals surface area contributed by atoms with E-state index in [9.17, 15) is 9.50 Å². The minimum Gasteiger partial charge on any atom is -0.385 e. The smallest absolute Gasteiger partial charge is 0.141 e. The summed E-state index contributed by atoms with van der Waals surface area (Å²) in [5.74, 6) is 0.222. The zero-order valence-corrected chi connectivity index (χ0v) is 7.11. The van der Waals surface area contributed by atoms with E-state index in [2.05, 4.69) is 4.98 Å². The Hall–Kier alpha value is -1.42. The minimum absolute atomic E-state index is 0.301. The number of hydrogen-bond acceptors (Lipinski definition) is 2. The van der Waals surface area contributed by atoms with Crippen molar-refractivity contribution in [2.24, 2.45) is 0 Å². The summed E-state index contributed by atoms with van der Waals surface area (Å²) in [6.07, 6.45) is 2.44. The molecule has 0 aliphatic carbocycles. The number of halogens is 1. The number of rotatable bonds is 1. The van der Waals surface area contributed by atoms with E-state index < -0.39 is 6.10 Å². The molecular formula is C9H9FN2O. The van der Waals surface area contributed by atoms with E-state index in [1.54, 1.807) is 17.5 Å². The first-order chi connectivity index (χ1) is 6.18. The van der Waals surface area contributed by atoms with Gasteiger partial charge in [0.05, 0.1) is 11.7 Å². The molecule has 0 aliphatic heterocycles. The van der Waals surface area contributed by atoms with Crippen LogP contribution in [0.4, 0.5) is 4.39 Å². The largest absolute Gasteiger partial charge is 0.385 e. The Morgan fingerprint density at radius 3 is 3.08 bits per heavy atom. The molecule has 2 heterocycles. The molecule has 0 fully saturated rings. The molecule has 0 radical (unpaired) electrons. The van der Waals surface area contributed by atoms with Crippen molar-refractivity contribution >= 4 is 5.52 Å². The summed E-state index contributed by atoms with van der Waals surface area (Å²) in [7, 11) is 0. The summed E-state index contributed by atoms with van der Waals surface area (Å²) in [5.41, 5.74) is 0.649. The molecule has 1 N–H and O–H groups in total. The lowest BCUT2D eigenvalue weighted by Gasteiger charge is -2.02. The number of aliphatic hydroxyl groups is 1. The number of nitrogens with zero attached hydrogens (tertiary/aromatic N) is 2. The van der Waals surface area contributed by atoms with Crippen LogP contribution in [0.2, 0.25) is 0 Å². The number of hydrogen-bond donors (Lipinski definition) is 1. The maximum Gasteiger partial charge on any atom is 0.141 e. The summed E-state index contributed by atoms with van der Waals surface area (Å²) >= 11 is 0. The molecule has 68 valence electrons. The summed E-state index contributed by atoms with van der Waals surface area (Å²) in [6.45, 7) is 1.62. The van der Waals surface area contributed by atoms with Crippen LogP contribution in [0.5, 0.6) is 0 Å². The lowest BCUT2D eigenvalue weighted by atomic mass is 10.3. The molecule has 0 aliphatic rings. The molecule has 3 nitrogen and oxygen atoms in total. The van der Waals surface area contributed by atoms with Crippen LogP contribution in [0.1, 0.15) is 18.9 Å². The molecular weight excluding hydrogens is 171 g/mol. The topological polar surface area (TPSA) is 37.5 Å². The fraction of sp³-hybridized carbons (Fsp3) is 0.222. The van der Waals surface area contributed by atoms with Crippen LogP contribution in [-0.4, -0.2) is 14.5 Å². The van der Waals surface area contributed by atoms with Gasteiger partial charge in [-0.2, -0.15) is 0 Å². The summed E-state index contributed by atoms with van der Waals surface area (Å²) in [6, 6.07) is 2.71. The Morgan fingerprint density at radius 2 is 2.38 bits per heavy atom. The molecule has 1 unspecified atom stereocenters. The molecule has 4 heteroatoms. The third-order valence-electron chi connectivity index (χ3n) is 1.90. The second-order valence-corrected chi connectivity index (χ2v) is 2.93. The lowest BCUT2D eigenvalue weighted by molar-refractivity contribution is 0.188. The average molecular weight is 180 g/mol. The fourth-order valence-electron chi connectivity index (χ4n) is 1.30. The molecule has 2 aromatic rings. The standard InChI is InChI=1S/C9H9FN2O/c1-6(13)9-11-5-8-4-7(10)2-3-12(8)9/h2-6,13H,1H3. The number of fused-ring (bicyclic) bond motifs is 1. The SMILES string of the molecule is CC(O)c1ncc2cc(F)ccn12. The fourth-order valence-corrected chi connectivity index (χ4v) is 1.30. The van der Waals surface area contributed by atoms with Gasteiger partial charge in [0.15, 0.2) is 0 Å². The predicted octanol–water partition coefficient (Wildman–Crippen LogP) is 1.53. The number of aromatic nitrogens is 2. The van der Waals surface area contributed by atoms with Crippen molar-refractivity contribution < 1.29 is 9.50 Å². The van der Waals surface area contributed by atoms with E-state index in [1.165, 1.54) is 18.3 Å². The summed E-state index contributed by atoms with van der Waals surface area (Å²) in [4.78, 5) is 3.98. The first-order valence-corrected chi connectivity index (χ1v) is 3.99. The van der Waals surface area contributed by atoms with E-state index in [0.29, 0.717) is 11.3 Å². The molecule has 1 atom stereocenters. The van der Waals surface area contributed by atoms with Gasteiger partial charge in [-0.15, -0.1) is 0 Å². The molecule has 0 saturated carbocycles. The van der Waals surface area contributed by atoms with E-state index in [-0.39, 0.29) is 5.82 Å². The molecule has 2 aromatic heterocycles. The van der Waals surface area contributed by atoms with Gasteiger partial charge in [-0.25, -0.2) is 9.37 Å². The average Bonchev–Trinajstić information content (AvgIpc) is 2.46. The zero-order chi connectivity index (χ0) is 9.42. The first-order valence-electron chi connectivity index (χ1n) is 3.99. The summed E-state index contributed by atoms with van der Waals surface area (Å²) in [5, 5.41) is 9.30. The molecule has 0 bridgehead atoms. The van der Waals surface area contributed by atoms with Crippen molar-refractivity contribution in [1.29, 1.82) is 0 Å². The highest BCUT2D eigenvalue weighted by Crippen LogP contribution is 2.14. The van der Waals surface area contributed by atoms with Gasteiger partial charge in [0, 0.05) is 6.20 Å². The monoisotopic (exact) mass is 180 g/mol. The molecule has 0 saturated heterocycles. The second kappa shape index (κ2) is 2.81. The van der Waals surface area contributed by atoms with Gasteiger partial charge < -0.3 is 9.51 Å². The predicted molar refractivity (Wildman–Crippen MR) is 45.8 cm³/mol. The van der Waals surface area contributed by atoms with Crippen LogP contribution >= 0.6 is 0 Å². The van der Waals surface area contributed by atoms with Crippen LogP contribution in [0.3, 0.4) is 0 Å². The van der Waals surface area contributed by atoms with E-state index in [0.717, 1.165) is 0 Å². The molecule has 2 rings (SSSR count). The molecule has 0 amide bonds. The van der Waals surface area contributed by atoms with Crippen LogP contribution < -0.4 is 0 Å². The lowest BCUT2D eigenvalue weighted by Crippen LogP contribution is -1.98. The van der Waals surface area contributed by atoms with Gasteiger partial charge >= 0.3 is 0 Å². The highest BCUT2D eigenvalue weighted by atomic mass is 19.1. The Labute approximate surface area is 74.5 Å². The molecule has 13 heavy (non-hydrogen) atoms. The molecule has 0 spiro atoms. The van der Waals surface area contributed by atoms with Crippen molar-refractivity contribution in [3.8, 4) is 0 Å². The van der Waals surface area contributed by atoms with Crippen LogP contribution in [-0.2, 0) is 0 Å². The Kier molecular flexibility index (Phi) is 1.77.